The third-order valence-corrected chi connectivity index (χ3v) is 5.21. The van der Waals surface area contributed by atoms with Crippen molar-refractivity contribution in [3.8, 4) is 0 Å². The Morgan fingerprint density at radius 1 is 1.19 bits per heavy atom. The smallest absolute Gasteiger partial charge is 0.478 e. The monoisotopic (exact) mass is 379 g/mol. The molecule has 0 radical (unpaired) electrons. The van der Waals surface area contributed by atoms with Gasteiger partial charge in [-0.15, -0.1) is 0 Å². The third-order valence-electron chi connectivity index (χ3n) is 5.21. The fourth-order valence-electron chi connectivity index (χ4n) is 2.71. The summed E-state index contributed by atoms with van der Waals surface area (Å²) in [6.07, 6.45) is 1.22. The maximum atomic E-state index is 15.4. The van der Waals surface area contributed by atoms with E-state index in [0.29, 0.717) is 5.57 Å². The van der Waals surface area contributed by atoms with Gasteiger partial charge in [0.05, 0.1) is 16.8 Å². The highest BCUT2D eigenvalue weighted by Gasteiger charge is 2.54. The van der Waals surface area contributed by atoms with Gasteiger partial charge in [0.1, 0.15) is 5.73 Å². The van der Waals surface area contributed by atoms with Crippen molar-refractivity contribution < 1.29 is 23.6 Å². The lowest BCUT2D eigenvalue weighted by Crippen LogP contribution is -2.41. The molecule has 1 saturated heterocycles. The lowest BCUT2D eigenvalue weighted by Gasteiger charge is -2.32. The van der Waals surface area contributed by atoms with Gasteiger partial charge in [-0.2, -0.15) is 0 Å². The van der Waals surface area contributed by atoms with Crippen LogP contribution in [-0.2, 0) is 15.9 Å². The molecule has 0 aliphatic carbocycles. The van der Waals surface area contributed by atoms with E-state index in [1.807, 2.05) is 48.5 Å². The van der Waals surface area contributed by atoms with Crippen molar-refractivity contribution in [1.29, 1.82) is 0 Å². The summed E-state index contributed by atoms with van der Waals surface area (Å²) in [5.74, 6) is -1.16. The highest BCUT2D eigenvalue weighted by atomic mass is 19.1. The second kappa shape index (κ2) is 6.91. The number of aromatic carboxylic acids is 1. The molecule has 148 valence electrons. The van der Waals surface area contributed by atoms with Crippen LogP contribution in [-0.4, -0.2) is 34.0 Å². The van der Waals surface area contributed by atoms with Gasteiger partial charge < -0.3 is 19.0 Å². The maximum absolute atomic E-state index is 15.4. The van der Waals surface area contributed by atoms with Gasteiger partial charge in [-0.25, -0.2) is 9.18 Å². The predicted molar refractivity (Wildman–Crippen MR) is 101 cm³/mol. The molecule has 8 heteroatoms. The molecule has 2 heterocycles. The summed E-state index contributed by atoms with van der Waals surface area (Å²) in [6, 6.07) is 2.39. The molecule has 1 aliphatic heterocycles. The molecule has 0 bridgehead atoms. The Hall–Kier alpha value is -1.93. The third kappa shape index (κ3) is 4.33. The van der Waals surface area contributed by atoms with Crippen LogP contribution < -0.4 is 5.56 Å². The van der Waals surface area contributed by atoms with Crippen molar-refractivity contribution in [3.63, 3.8) is 0 Å². The van der Waals surface area contributed by atoms with E-state index < -0.39 is 41.0 Å². The van der Waals surface area contributed by atoms with Gasteiger partial charge in [0.15, 0.2) is 0 Å². The summed E-state index contributed by atoms with van der Waals surface area (Å²) in [7, 11) is -1.18. The zero-order valence-electron chi connectivity index (χ0n) is 16.9. The lowest BCUT2D eigenvalue weighted by atomic mass is 9.76. The summed E-state index contributed by atoms with van der Waals surface area (Å²) >= 11 is 0. The van der Waals surface area contributed by atoms with E-state index in [9.17, 15) is 9.59 Å². The van der Waals surface area contributed by atoms with Gasteiger partial charge >= 0.3 is 13.1 Å². The Labute approximate surface area is 159 Å². The Morgan fingerprint density at radius 3 is 2.15 bits per heavy atom. The van der Waals surface area contributed by atoms with E-state index in [2.05, 4.69) is 0 Å². The highest BCUT2D eigenvalue weighted by molar-refractivity contribution is 6.53. The summed E-state index contributed by atoms with van der Waals surface area (Å²) in [4.78, 5) is 23.4. The Bertz CT molecular complexity index is 819. The summed E-state index contributed by atoms with van der Waals surface area (Å²) in [6.45, 7) is 12.7. The van der Waals surface area contributed by atoms with E-state index in [-0.39, 0.29) is 12.1 Å². The van der Waals surface area contributed by atoms with Crippen molar-refractivity contribution >= 4 is 13.1 Å². The molecular formula is C19H27BFNO5. The normalized spacial score (nSPS) is 19.8. The molecule has 1 aromatic heterocycles. The first-order valence-electron chi connectivity index (χ1n) is 8.84. The van der Waals surface area contributed by atoms with Crippen LogP contribution in [0.1, 0.15) is 58.8 Å². The molecule has 2 rings (SSSR count). The largest absolute Gasteiger partial charge is 0.525 e. The lowest BCUT2D eigenvalue weighted by molar-refractivity contribution is 0.00578. The molecular weight excluding hydrogens is 352 g/mol. The number of allylic oxidation sites excluding steroid dienone is 1. The summed E-state index contributed by atoms with van der Waals surface area (Å²) < 4.78 is 28.2. The second-order valence-corrected chi connectivity index (χ2v) is 8.85. The zero-order valence-corrected chi connectivity index (χ0v) is 16.9. The number of carboxylic acids is 1. The number of aromatic nitrogens is 1. The van der Waals surface area contributed by atoms with Crippen LogP contribution in [0, 0.1) is 5.41 Å². The molecule has 0 atom stereocenters. The molecule has 1 aliphatic rings. The summed E-state index contributed by atoms with van der Waals surface area (Å²) in [5, 5.41) is 9.15. The summed E-state index contributed by atoms with van der Waals surface area (Å²) in [5.41, 5.74) is -2.76. The Morgan fingerprint density at radius 2 is 1.70 bits per heavy atom. The number of hydrogen-bond donors (Lipinski definition) is 1. The van der Waals surface area contributed by atoms with Crippen molar-refractivity contribution in [2.45, 2.75) is 66.2 Å². The molecule has 0 unspecified atom stereocenters. The quantitative estimate of drug-likeness (QED) is 0.811. The van der Waals surface area contributed by atoms with E-state index in [0.717, 1.165) is 6.07 Å². The Kier molecular flexibility index (Phi) is 5.47. The zero-order chi connectivity index (χ0) is 20.8. The van der Waals surface area contributed by atoms with Crippen LogP contribution in [0.25, 0.3) is 0 Å². The van der Waals surface area contributed by atoms with Crippen molar-refractivity contribution in [3.05, 3.63) is 45.5 Å². The minimum absolute atomic E-state index is 0.0427. The van der Waals surface area contributed by atoms with Crippen LogP contribution in [0.3, 0.4) is 0 Å². The topological polar surface area (TPSA) is 77.8 Å². The fraction of sp³-hybridized carbons (Fsp3) is 0.579. The second-order valence-electron chi connectivity index (χ2n) is 8.85. The van der Waals surface area contributed by atoms with E-state index in [4.69, 9.17) is 14.4 Å². The van der Waals surface area contributed by atoms with E-state index >= 15 is 4.39 Å². The molecule has 1 N–H and O–H groups in total. The van der Waals surface area contributed by atoms with Crippen molar-refractivity contribution in [2.24, 2.45) is 5.41 Å². The first kappa shape index (κ1) is 21.4. The van der Waals surface area contributed by atoms with E-state index in [1.165, 1.54) is 16.8 Å². The Balaban J connectivity index is 2.49. The fourth-order valence-corrected chi connectivity index (χ4v) is 2.71. The van der Waals surface area contributed by atoms with Gasteiger partial charge in [-0.1, -0.05) is 20.8 Å². The minimum Gasteiger partial charge on any atom is -0.478 e. The highest BCUT2D eigenvalue weighted by Crippen LogP contribution is 2.41. The van der Waals surface area contributed by atoms with Crippen molar-refractivity contribution in [1.82, 2.24) is 4.57 Å². The van der Waals surface area contributed by atoms with Crippen LogP contribution in [0.15, 0.2) is 34.4 Å². The minimum atomic E-state index is -1.18. The average Bonchev–Trinajstić information content (AvgIpc) is 2.72. The predicted octanol–water partition coefficient (Wildman–Crippen LogP) is 3.45. The number of pyridine rings is 1. The molecule has 0 aromatic carbocycles. The maximum Gasteiger partial charge on any atom is 0.525 e. The van der Waals surface area contributed by atoms with E-state index in [1.54, 1.807) is 0 Å². The number of nitrogens with zero attached hydrogens (tertiary/aromatic N) is 1. The molecule has 27 heavy (non-hydrogen) atoms. The number of carboxylic acid groups (broad SMARTS) is 1. The van der Waals surface area contributed by atoms with Crippen molar-refractivity contribution in [2.75, 3.05) is 0 Å². The van der Waals surface area contributed by atoms with Crippen LogP contribution in [0.4, 0.5) is 4.39 Å². The van der Waals surface area contributed by atoms with Gasteiger partial charge in [0.25, 0.3) is 5.56 Å². The number of rotatable bonds is 4. The van der Waals surface area contributed by atoms with Gasteiger partial charge in [-0.05, 0) is 44.7 Å². The first-order chi connectivity index (χ1) is 12.2. The molecule has 6 nitrogen and oxygen atoms in total. The molecule has 0 amide bonds. The van der Waals surface area contributed by atoms with Crippen LogP contribution in [0.2, 0.25) is 0 Å². The van der Waals surface area contributed by atoms with Gasteiger partial charge in [-0.3, -0.25) is 4.79 Å². The molecule has 0 saturated carbocycles. The molecule has 1 fully saturated rings. The number of carbonyl (C=O) groups is 1. The van der Waals surface area contributed by atoms with Gasteiger partial charge in [0.2, 0.25) is 0 Å². The molecule has 1 aromatic rings. The van der Waals surface area contributed by atoms with Gasteiger partial charge in [0, 0.05) is 18.8 Å². The average molecular weight is 379 g/mol. The van der Waals surface area contributed by atoms with Crippen LogP contribution >= 0.6 is 0 Å². The SMILES string of the molecule is CC(C)(C)C(Cn1cc(C(=O)O)ccc1=O)=C(F)B1OC(C)(C)C(C)(C)O1. The first-order valence-corrected chi connectivity index (χ1v) is 8.84. The number of halogens is 1. The van der Waals surface area contributed by atoms with Crippen LogP contribution in [0.5, 0.6) is 0 Å². The number of hydrogen-bond acceptors (Lipinski definition) is 4. The standard InChI is InChI=1S/C19H27BFNO5/c1-17(2,3)13(11-22-10-12(16(24)25)8-9-14(22)23)15(21)20-26-18(4,5)19(6,7)27-20/h8-10H,11H2,1-7H3,(H,24,25). The molecule has 0 spiro atoms.